The summed E-state index contributed by atoms with van der Waals surface area (Å²) in [6.07, 6.45) is 1.27. The Balaban J connectivity index is 1.67. The lowest BCUT2D eigenvalue weighted by atomic mass is 10.1. The Morgan fingerprint density at radius 2 is 2.11 bits per heavy atom. The van der Waals surface area contributed by atoms with Crippen molar-refractivity contribution < 1.29 is 13.2 Å². The minimum absolute atomic E-state index is 0.229. The molecule has 1 aliphatic rings. The molecule has 1 fully saturated rings. The maximum Gasteiger partial charge on any atom is 0.284 e. The molecule has 5 heteroatoms. The number of hydrogen-bond donors (Lipinski definition) is 1. The molecule has 0 amide bonds. The van der Waals surface area contributed by atoms with Gasteiger partial charge in [-0.3, -0.25) is 0 Å². The third kappa shape index (κ3) is 3.99. The zero-order valence-electron chi connectivity index (χ0n) is 10.7. The van der Waals surface area contributed by atoms with Gasteiger partial charge in [0.25, 0.3) is 5.76 Å². The number of thioether (sulfide) groups is 1. The fourth-order valence-electron chi connectivity index (χ4n) is 2.03. The molecule has 1 saturated carbocycles. The fraction of sp³-hybridized carbons (Fsp3) is 0.692. The molecule has 1 aromatic rings. The van der Waals surface area contributed by atoms with Crippen molar-refractivity contribution in [3.05, 3.63) is 23.7 Å². The molecular formula is C13H19F2NOS. The van der Waals surface area contributed by atoms with Crippen LogP contribution in [0.15, 0.2) is 16.5 Å². The highest BCUT2D eigenvalue weighted by atomic mass is 32.2. The van der Waals surface area contributed by atoms with E-state index >= 15 is 0 Å². The Morgan fingerprint density at radius 1 is 1.44 bits per heavy atom. The highest BCUT2D eigenvalue weighted by Gasteiger charge is 2.44. The van der Waals surface area contributed by atoms with Gasteiger partial charge in [0.1, 0.15) is 11.5 Å². The van der Waals surface area contributed by atoms with Gasteiger partial charge in [0.05, 0.1) is 12.3 Å². The minimum Gasteiger partial charge on any atom is -0.464 e. The fourth-order valence-corrected chi connectivity index (χ4v) is 2.48. The molecule has 1 unspecified atom stereocenters. The summed E-state index contributed by atoms with van der Waals surface area (Å²) < 4.78 is 29.5. The molecule has 0 radical (unpaired) electrons. The first-order valence-corrected chi connectivity index (χ1v) is 7.20. The van der Waals surface area contributed by atoms with Gasteiger partial charge in [-0.25, -0.2) is 0 Å². The second-order valence-corrected chi connectivity index (χ2v) is 6.44. The number of rotatable bonds is 7. The third-order valence-electron chi connectivity index (χ3n) is 3.48. The summed E-state index contributed by atoms with van der Waals surface area (Å²) in [5.74, 6) is 0.0742. The topological polar surface area (TPSA) is 25.2 Å². The molecule has 1 aliphatic carbocycles. The summed E-state index contributed by atoms with van der Waals surface area (Å²) in [5.41, 5.74) is 0.481. The zero-order valence-corrected chi connectivity index (χ0v) is 11.5. The molecule has 102 valence electrons. The van der Waals surface area contributed by atoms with Crippen LogP contribution >= 0.6 is 11.8 Å². The van der Waals surface area contributed by atoms with E-state index in [0.29, 0.717) is 29.5 Å². The van der Waals surface area contributed by atoms with Crippen LogP contribution in [0.3, 0.4) is 0 Å². The third-order valence-corrected chi connectivity index (χ3v) is 4.18. The largest absolute Gasteiger partial charge is 0.464 e. The van der Waals surface area contributed by atoms with Gasteiger partial charge in [0, 0.05) is 0 Å². The quantitative estimate of drug-likeness (QED) is 0.817. The van der Waals surface area contributed by atoms with E-state index in [1.54, 1.807) is 6.07 Å². The van der Waals surface area contributed by atoms with E-state index < -0.39 is 5.76 Å². The van der Waals surface area contributed by atoms with Gasteiger partial charge in [-0.1, -0.05) is 25.6 Å². The smallest absolute Gasteiger partial charge is 0.284 e. The number of hydrogen-bond acceptors (Lipinski definition) is 3. The average Bonchev–Trinajstić information content (AvgIpc) is 2.73. The van der Waals surface area contributed by atoms with Gasteiger partial charge in [0.2, 0.25) is 0 Å². The van der Waals surface area contributed by atoms with E-state index in [2.05, 4.69) is 19.2 Å². The van der Waals surface area contributed by atoms with Gasteiger partial charge >= 0.3 is 0 Å². The molecule has 1 N–H and O–H groups in total. The van der Waals surface area contributed by atoms with Gasteiger partial charge in [-0.15, -0.1) is 0 Å². The highest BCUT2D eigenvalue weighted by molar-refractivity contribution is 7.98. The second kappa shape index (κ2) is 5.61. The van der Waals surface area contributed by atoms with Crippen LogP contribution in [0.25, 0.3) is 0 Å². The molecule has 0 spiro atoms. The summed E-state index contributed by atoms with van der Waals surface area (Å²) in [7, 11) is 0. The van der Waals surface area contributed by atoms with Crippen LogP contribution < -0.4 is 5.32 Å². The van der Waals surface area contributed by atoms with Crippen LogP contribution in [0.1, 0.15) is 31.8 Å². The monoisotopic (exact) mass is 275 g/mol. The maximum atomic E-state index is 12.0. The van der Waals surface area contributed by atoms with Crippen LogP contribution in [-0.4, -0.2) is 12.3 Å². The van der Waals surface area contributed by atoms with Crippen molar-refractivity contribution in [2.45, 2.75) is 38.3 Å². The van der Waals surface area contributed by atoms with Gasteiger partial charge in [-0.2, -0.15) is 8.78 Å². The van der Waals surface area contributed by atoms with E-state index in [4.69, 9.17) is 4.42 Å². The van der Waals surface area contributed by atoms with Crippen molar-refractivity contribution in [2.24, 2.45) is 11.3 Å². The van der Waals surface area contributed by atoms with Crippen LogP contribution in [0.5, 0.6) is 0 Å². The zero-order chi connectivity index (χ0) is 13.2. The predicted octanol–water partition coefficient (Wildman–Crippen LogP) is 3.87. The van der Waals surface area contributed by atoms with Gasteiger partial charge in [-0.05, 0) is 36.4 Å². The van der Waals surface area contributed by atoms with E-state index in [0.717, 1.165) is 18.2 Å². The molecule has 1 atom stereocenters. The summed E-state index contributed by atoms with van der Waals surface area (Å²) >= 11 is 0.589. The molecule has 0 aliphatic heterocycles. The van der Waals surface area contributed by atoms with Crippen LogP contribution in [-0.2, 0) is 12.3 Å². The predicted molar refractivity (Wildman–Crippen MR) is 69.6 cm³/mol. The number of furan rings is 1. The first-order chi connectivity index (χ1) is 8.47. The van der Waals surface area contributed by atoms with Crippen molar-refractivity contribution in [3.63, 3.8) is 0 Å². The maximum absolute atomic E-state index is 12.0. The molecule has 0 aromatic carbocycles. The number of halogens is 2. The Labute approximate surface area is 111 Å². The molecule has 0 saturated heterocycles. The van der Waals surface area contributed by atoms with E-state index in [1.807, 2.05) is 6.07 Å². The minimum atomic E-state index is -2.34. The summed E-state index contributed by atoms with van der Waals surface area (Å²) in [6, 6.07) is 3.62. The van der Waals surface area contributed by atoms with E-state index in [1.165, 1.54) is 6.42 Å². The molecule has 1 aromatic heterocycles. The lowest BCUT2D eigenvalue weighted by molar-refractivity contribution is 0.251. The highest BCUT2D eigenvalue weighted by Crippen LogP contribution is 2.50. The van der Waals surface area contributed by atoms with Crippen LogP contribution in [0.4, 0.5) is 8.78 Å². The first kappa shape index (κ1) is 13.9. The van der Waals surface area contributed by atoms with Gasteiger partial charge < -0.3 is 9.73 Å². The van der Waals surface area contributed by atoms with Crippen molar-refractivity contribution >= 4 is 11.8 Å². The average molecular weight is 275 g/mol. The van der Waals surface area contributed by atoms with Gasteiger partial charge in [0.15, 0.2) is 0 Å². The molecule has 2 rings (SSSR count). The number of nitrogens with one attached hydrogen (secondary N) is 1. The van der Waals surface area contributed by atoms with E-state index in [-0.39, 0.29) is 5.75 Å². The summed E-state index contributed by atoms with van der Waals surface area (Å²) in [5, 5.41) is 3.35. The van der Waals surface area contributed by atoms with Crippen molar-refractivity contribution in [3.8, 4) is 0 Å². The van der Waals surface area contributed by atoms with Crippen molar-refractivity contribution in [1.82, 2.24) is 5.32 Å². The van der Waals surface area contributed by atoms with Crippen LogP contribution in [0, 0.1) is 11.3 Å². The standard InChI is InChI=1S/C13H19F2NOS/c1-13(2)5-9(13)6-16-7-10-3-4-11(17-10)8-18-12(14)15/h3-4,9,12,16H,5-8H2,1-2H3. The molecule has 2 nitrogen and oxygen atoms in total. The second-order valence-electron chi connectivity index (χ2n) is 5.46. The molecule has 18 heavy (non-hydrogen) atoms. The molecule has 1 heterocycles. The normalized spacial score (nSPS) is 21.5. The van der Waals surface area contributed by atoms with Crippen molar-refractivity contribution in [1.29, 1.82) is 0 Å². The Bertz CT molecular complexity index is 392. The molecule has 0 bridgehead atoms. The Morgan fingerprint density at radius 3 is 2.72 bits per heavy atom. The van der Waals surface area contributed by atoms with E-state index in [9.17, 15) is 8.78 Å². The Hall–Kier alpha value is -0.550. The van der Waals surface area contributed by atoms with Crippen molar-refractivity contribution in [2.75, 3.05) is 6.54 Å². The lowest BCUT2D eigenvalue weighted by Crippen LogP contribution is -2.17. The summed E-state index contributed by atoms with van der Waals surface area (Å²) in [4.78, 5) is 0. The lowest BCUT2D eigenvalue weighted by Gasteiger charge is -2.04. The SMILES string of the molecule is CC1(C)CC1CNCc1ccc(CSC(F)F)o1. The first-order valence-electron chi connectivity index (χ1n) is 6.15. The number of alkyl halides is 2. The summed E-state index contributed by atoms with van der Waals surface area (Å²) in [6.45, 7) is 6.21. The Kier molecular flexibility index (Phi) is 4.33. The molecular weight excluding hydrogens is 256 g/mol. The van der Waals surface area contributed by atoms with Crippen LogP contribution in [0.2, 0.25) is 0 Å².